The molecule has 0 heterocycles. The van der Waals surface area contributed by atoms with Crippen molar-refractivity contribution < 1.29 is 37.6 Å². The Morgan fingerprint density at radius 1 is 0.585 bits per heavy atom. The van der Waals surface area contributed by atoms with Gasteiger partial charge in [-0.15, -0.1) is 0 Å². The molecule has 0 aromatic heterocycles. The lowest BCUT2D eigenvalue weighted by atomic mass is 10.0. The average molecular weight is 763 g/mol. The number of carbonyl (C=O) groups is 2. The normalized spacial score (nSPS) is 14.1. The molecule has 0 aliphatic rings. The van der Waals surface area contributed by atoms with Crippen LogP contribution in [0, 0.1) is 0 Å². The van der Waals surface area contributed by atoms with E-state index in [0.717, 1.165) is 51.4 Å². The summed E-state index contributed by atoms with van der Waals surface area (Å²) in [7, 11) is -4.65. The molecule has 0 bridgehead atoms. The molecule has 2 atom stereocenters. The van der Waals surface area contributed by atoms with Crippen LogP contribution in [0.25, 0.3) is 0 Å². The Morgan fingerprint density at radius 3 is 1.51 bits per heavy atom. The van der Waals surface area contributed by atoms with Crippen molar-refractivity contribution in [1.82, 2.24) is 0 Å². The molecular formula is C43H73NO8P-. The Morgan fingerprint density at radius 2 is 1.04 bits per heavy atom. The zero-order valence-electron chi connectivity index (χ0n) is 33.2. The van der Waals surface area contributed by atoms with E-state index in [1.165, 1.54) is 64.2 Å². The Bertz CT molecular complexity index is 1100. The predicted octanol–water partition coefficient (Wildman–Crippen LogP) is 10.9. The number of rotatable bonds is 37. The number of esters is 2. The van der Waals surface area contributed by atoms with Gasteiger partial charge in [0.25, 0.3) is 7.82 Å². The highest BCUT2D eigenvalue weighted by molar-refractivity contribution is 7.45. The highest BCUT2D eigenvalue weighted by Gasteiger charge is 2.20. The molecule has 0 spiro atoms. The molecule has 0 saturated carbocycles. The predicted molar refractivity (Wildman–Crippen MR) is 217 cm³/mol. The lowest BCUT2D eigenvalue weighted by molar-refractivity contribution is -0.228. The second-order valence-corrected chi connectivity index (χ2v) is 14.5. The summed E-state index contributed by atoms with van der Waals surface area (Å²) in [5.41, 5.74) is 5.30. The molecule has 0 aromatic rings. The second-order valence-electron chi connectivity index (χ2n) is 13.1. The summed E-state index contributed by atoms with van der Waals surface area (Å²) in [6.45, 7) is 3.32. The van der Waals surface area contributed by atoms with Crippen LogP contribution >= 0.6 is 7.82 Å². The van der Waals surface area contributed by atoms with Gasteiger partial charge in [0, 0.05) is 19.4 Å². The van der Waals surface area contributed by atoms with Crippen LogP contribution in [0.15, 0.2) is 72.9 Å². The largest absolute Gasteiger partial charge is 0.756 e. The number of ether oxygens (including phenoxy) is 2. The minimum Gasteiger partial charge on any atom is -0.756 e. The van der Waals surface area contributed by atoms with Gasteiger partial charge in [0.15, 0.2) is 6.10 Å². The van der Waals surface area contributed by atoms with Gasteiger partial charge >= 0.3 is 11.9 Å². The number of nitrogens with two attached hydrogens (primary N) is 1. The lowest BCUT2D eigenvalue weighted by Crippen LogP contribution is -2.30. The topological polar surface area (TPSA) is 137 Å². The number of allylic oxidation sites excluding steroid dienone is 12. The number of hydrogen-bond donors (Lipinski definition) is 1. The zero-order chi connectivity index (χ0) is 38.9. The van der Waals surface area contributed by atoms with Gasteiger partial charge < -0.3 is 29.1 Å². The highest BCUT2D eigenvalue weighted by atomic mass is 31.2. The maximum absolute atomic E-state index is 12.5. The monoisotopic (exact) mass is 763 g/mol. The van der Waals surface area contributed by atoms with Gasteiger partial charge in [-0.05, 0) is 51.4 Å². The lowest BCUT2D eigenvalue weighted by Gasteiger charge is -2.25. The molecule has 2 N–H and O–H groups in total. The van der Waals surface area contributed by atoms with Gasteiger partial charge in [0.05, 0.1) is 13.2 Å². The zero-order valence-corrected chi connectivity index (χ0v) is 34.1. The van der Waals surface area contributed by atoms with Crippen molar-refractivity contribution in [3.8, 4) is 0 Å². The molecule has 0 aromatic carbocycles. The first kappa shape index (κ1) is 50.5. The molecule has 0 amide bonds. The van der Waals surface area contributed by atoms with Gasteiger partial charge in [-0.3, -0.25) is 14.2 Å². The first-order valence-electron chi connectivity index (χ1n) is 20.4. The third kappa shape index (κ3) is 39.0. The number of hydrogen-bond acceptors (Lipinski definition) is 9. The summed E-state index contributed by atoms with van der Waals surface area (Å²) in [6.07, 6.45) is 46.4. The fraction of sp³-hybridized carbons (Fsp3) is 0.674. The van der Waals surface area contributed by atoms with Crippen LogP contribution in [0.1, 0.15) is 155 Å². The first-order valence-corrected chi connectivity index (χ1v) is 21.9. The summed E-state index contributed by atoms with van der Waals surface area (Å²) in [4.78, 5) is 36.8. The molecule has 1 unspecified atom stereocenters. The Kier molecular flexibility index (Phi) is 37.3. The van der Waals surface area contributed by atoms with E-state index in [4.69, 9.17) is 19.7 Å². The molecule has 0 fully saturated rings. The third-order valence-corrected chi connectivity index (χ3v) is 9.07. The van der Waals surface area contributed by atoms with Crippen LogP contribution in [-0.2, 0) is 32.7 Å². The maximum atomic E-state index is 12.5. The summed E-state index contributed by atoms with van der Waals surface area (Å²) < 4.78 is 32.2. The Labute approximate surface area is 322 Å². The van der Waals surface area contributed by atoms with Crippen molar-refractivity contribution in [2.24, 2.45) is 5.73 Å². The van der Waals surface area contributed by atoms with E-state index < -0.39 is 32.5 Å². The number of phosphoric acid groups is 1. The van der Waals surface area contributed by atoms with Gasteiger partial charge in [0.1, 0.15) is 6.61 Å². The summed E-state index contributed by atoms with van der Waals surface area (Å²) >= 11 is 0. The molecule has 9 nitrogen and oxygen atoms in total. The molecule has 0 rings (SSSR count). The van der Waals surface area contributed by atoms with Gasteiger partial charge in [-0.2, -0.15) is 0 Å². The first-order chi connectivity index (χ1) is 25.8. The van der Waals surface area contributed by atoms with E-state index in [1.807, 2.05) is 12.2 Å². The van der Waals surface area contributed by atoms with Crippen LogP contribution < -0.4 is 10.6 Å². The van der Waals surface area contributed by atoms with Gasteiger partial charge in [0.2, 0.25) is 0 Å². The fourth-order valence-corrected chi connectivity index (χ4v) is 5.88. The minimum absolute atomic E-state index is 0.000587. The Hall–Kier alpha value is -2.55. The van der Waals surface area contributed by atoms with E-state index in [0.29, 0.717) is 12.8 Å². The molecule has 0 aliphatic carbocycles. The van der Waals surface area contributed by atoms with E-state index >= 15 is 0 Å². The number of unbranched alkanes of at least 4 members (excludes halogenated alkanes) is 12. The van der Waals surface area contributed by atoms with Crippen molar-refractivity contribution >= 4 is 19.8 Å². The van der Waals surface area contributed by atoms with Crippen molar-refractivity contribution in [2.45, 2.75) is 161 Å². The van der Waals surface area contributed by atoms with Crippen molar-refractivity contribution in [2.75, 3.05) is 26.4 Å². The summed E-state index contributed by atoms with van der Waals surface area (Å²) in [5, 5.41) is 0. The second kappa shape index (κ2) is 39.2. The van der Waals surface area contributed by atoms with Crippen molar-refractivity contribution in [1.29, 1.82) is 0 Å². The molecular weight excluding hydrogens is 689 g/mol. The highest BCUT2D eigenvalue weighted by Crippen LogP contribution is 2.38. The smallest absolute Gasteiger partial charge is 0.306 e. The summed E-state index contributed by atoms with van der Waals surface area (Å²) in [6, 6.07) is 0. The third-order valence-electron chi connectivity index (χ3n) is 8.11. The van der Waals surface area contributed by atoms with E-state index in [1.54, 1.807) is 0 Å². The molecule has 53 heavy (non-hydrogen) atoms. The summed E-state index contributed by atoms with van der Waals surface area (Å²) in [5.74, 6) is -0.967. The minimum atomic E-state index is -4.65. The molecule has 10 heteroatoms. The molecule has 0 saturated heterocycles. The van der Waals surface area contributed by atoms with E-state index in [-0.39, 0.29) is 32.6 Å². The van der Waals surface area contributed by atoms with Crippen molar-refractivity contribution in [3.05, 3.63) is 72.9 Å². The van der Waals surface area contributed by atoms with Gasteiger partial charge in [-0.25, -0.2) is 0 Å². The van der Waals surface area contributed by atoms with Crippen LogP contribution in [0.4, 0.5) is 0 Å². The standard InChI is InChI=1S/C43H74NO8P/c1-3-5-7-9-11-13-15-17-18-19-20-21-22-24-26-28-30-32-34-36-43(46)52-41(40-51-53(47,48)50-38-37-44)39-49-42(45)35-33-31-29-27-25-23-16-14-12-10-8-6-4-2/h5,7,11,13,17-18,20-21,24,26,30,32,41H,3-4,6,8-10,12,14-16,19,22-23,25,27-29,31,33-40,44H2,1-2H3,(H,47,48)/p-1/b7-5-,13-11-,18-17-,21-20-,26-24-,32-30-/t41-/m1/s1. The quantitative estimate of drug-likeness (QED) is 0.0284. The van der Waals surface area contributed by atoms with E-state index in [2.05, 4.69) is 79.1 Å². The maximum Gasteiger partial charge on any atom is 0.306 e. The SMILES string of the molecule is CC/C=C\C/C=C\C/C=C\C/C=C\C/C=C\C/C=C\CCC(=O)O[C@H](COC(=O)CCCCCCCCCCCCCCC)COP(=O)([O-])OCCN. The van der Waals surface area contributed by atoms with Crippen LogP contribution in [0.2, 0.25) is 0 Å². The molecule has 0 radical (unpaired) electrons. The number of carbonyl (C=O) groups excluding carboxylic acids is 2. The van der Waals surface area contributed by atoms with Gasteiger partial charge in [-0.1, -0.05) is 164 Å². The van der Waals surface area contributed by atoms with Crippen LogP contribution in [-0.4, -0.2) is 44.4 Å². The molecule has 0 aliphatic heterocycles. The van der Waals surface area contributed by atoms with Crippen molar-refractivity contribution in [3.63, 3.8) is 0 Å². The molecule has 304 valence electrons. The van der Waals surface area contributed by atoms with Crippen LogP contribution in [0.3, 0.4) is 0 Å². The number of phosphoric ester groups is 1. The Balaban J connectivity index is 4.33. The van der Waals surface area contributed by atoms with E-state index in [9.17, 15) is 19.0 Å². The fourth-order valence-electron chi connectivity index (χ4n) is 5.12. The average Bonchev–Trinajstić information content (AvgIpc) is 3.14. The van der Waals surface area contributed by atoms with Crippen LogP contribution in [0.5, 0.6) is 0 Å².